The van der Waals surface area contributed by atoms with Gasteiger partial charge in [-0.1, -0.05) is 41.5 Å². The third-order valence-corrected chi connectivity index (χ3v) is 14.7. The molecular formula is C36H60O6. The van der Waals surface area contributed by atoms with E-state index in [1.54, 1.807) is 0 Å². The first-order chi connectivity index (χ1) is 19.6. The Bertz CT molecular complexity index is 969. The molecule has 6 rings (SSSR count). The first-order valence-electron chi connectivity index (χ1n) is 17.2. The van der Waals surface area contributed by atoms with Gasteiger partial charge in [0, 0.05) is 36.9 Å². The first-order valence-corrected chi connectivity index (χ1v) is 17.2. The summed E-state index contributed by atoms with van der Waals surface area (Å²) in [6.45, 7) is 13.5. The second kappa shape index (κ2) is 10.9. The molecule has 0 aromatic heterocycles. The lowest BCUT2D eigenvalue weighted by molar-refractivity contribution is -0.176. The number of rotatable bonds is 2. The van der Waals surface area contributed by atoms with E-state index in [0.29, 0.717) is 24.4 Å². The highest BCUT2D eigenvalue weighted by molar-refractivity contribution is 5.88. The third kappa shape index (κ3) is 4.46. The lowest BCUT2D eigenvalue weighted by Gasteiger charge is -2.60. The number of aliphatic hydroxyl groups excluding tert-OH is 4. The van der Waals surface area contributed by atoms with E-state index in [1.807, 2.05) is 0 Å². The number of carbonyl (C=O) groups is 2. The van der Waals surface area contributed by atoms with Crippen LogP contribution >= 0.6 is 0 Å². The summed E-state index contributed by atoms with van der Waals surface area (Å²) in [5, 5.41) is 41.0. The Morgan fingerprint density at radius 1 is 0.571 bits per heavy atom. The van der Waals surface area contributed by atoms with Gasteiger partial charge in [0.1, 0.15) is 11.6 Å². The molecule has 10 atom stereocenters. The Labute approximate surface area is 254 Å². The predicted molar refractivity (Wildman–Crippen MR) is 163 cm³/mol. The Kier molecular flexibility index (Phi) is 8.46. The van der Waals surface area contributed by atoms with Crippen molar-refractivity contribution in [1.82, 2.24) is 0 Å². The van der Waals surface area contributed by atoms with E-state index in [9.17, 15) is 30.0 Å². The maximum Gasteiger partial charge on any atom is 0.139 e. The first kappa shape index (κ1) is 32.6. The number of carbonyl (C=O) groups excluding carboxylic acids is 2. The fourth-order valence-electron chi connectivity index (χ4n) is 12.4. The molecule has 4 N–H and O–H groups in total. The van der Waals surface area contributed by atoms with Crippen molar-refractivity contribution in [2.24, 2.45) is 56.2 Å². The average Bonchev–Trinajstić information content (AvgIpc) is 3.48. The fourth-order valence-corrected chi connectivity index (χ4v) is 12.4. The number of ketones is 2. The summed E-state index contributed by atoms with van der Waals surface area (Å²) >= 11 is 0. The molecule has 0 saturated heterocycles. The molecule has 0 amide bonds. The van der Waals surface area contributed by atoms with Gasteiger partial charge in [0.2, 0.25) is 0 Å². The maximum atomic E-state index is 13.1. The molecule has 2 spiro atoms. The van der Waals surface area contributed by atoms with Crippen molar-refractivity contribution in [2.45, 2.75) is 144 Å². The van der Waals surface area contributed by atoms with Crippen LogP contribution in [-0.2, 0) is 9.59 Å². The van der Waals surface area contributed by atoms with Crippen LogP contribution in [0.4, 0.5) is 0 Å². The molecule has 0 bridgehead atoms. The topological polar surface area (TPSA) is 115 Å². The Morgan fingerprint density at radius 3 is 1.24 bits per heavy atom. The lowest BCUT2D eigenvalue weighted by atomic mass is 9.43. The van der Waals surface area contributed by atoms with Gasteiger partial charge in [0.05, 0.1) is 12.2 Å². The lowest BCUT2D eigenvalue weighted by Crippen LogP contribution is -2.61. The van der Waals surface area contributed by atoms with Gasteiger partial charge in [0.15, 0.2) is 0 Å². The molecule has 6 nitrogen and oxygen atoms in total. The van der Waals surface area contributed by atoms with E-state index >= 15 is 0 Å². The molecule has 6 aliphatic rings. The molecule has 0 aromatic carbocycles. The summed E-state index contributed by atoms with van der Waals surface area (Å²) in [6, 6.07) is 0. The van der Waals surface area contributed by atoms with Gasteiger partial charge in [-0.15, -0.1) is 0 Å². The zero-order valence-electron chi connectivity index (χ0n) is 27.4. The van der Waals surface area contributed by atoms with Crippen LogP contribution in [0.3, 0.4) is 0 Å². The highest BCUT2D eigenvalue weighted by Gasteiger charge is 2.68. The van der Waals surface area contributed by atoms with Crippen LogP contribution in [0, 0.1) is 56.2 Å². The molecule has 6 aliphatic carbocycles. The van der Waals surface area contributed by atoms with E-state index in [-0.39, 0.29) is 81.6 Å². The van der Waals surface area contributed by atoms with Gasteiger partial charge in [-0.2, -0.15) is 0 Å². The molecule has 6 saturated carbocycles. The smallest absolute Gasteiger partial charge is 0.139 e. The second-order valence-corrected chi connectivity index (χ2v) is 17.5. The molecule has 240 valence electrons. The van der Waals surface area contributed by atoms with Gasteiger partial charge < -0.3 is 20.4 Å². The van der Waals surface area contributed by atoms with E-state index in [4.69, 9.17) is 0 Å². The quantitative estimate of drug-likeness (QED) is 0.321. The van der Waals surface area contributed by atoms with Crippen LogP contribution in [0.5, 0.6) is 0 Å². The van der Waals surface area contributed by atoms with Crippen molar-refractivity contribution in [3.63, 3.8) is 0 Å². The Hall–Kier alpha value is -0.820. The predicted octanol–water partition coefficient (Wildman–Crippen LogP) is 5.86. The number of hydrogen-bond acceptors (Lipinski definition) is 6. The summed E-state index contributed by atoms with van der Waals surface area (Å²) in [5.74, 6) is 1.47. The number of aliphatic hydroxyl groups is 4. The normalized spacial score (nSPS) is 49.4. The second-order valence-electron chi connectivity index (χ2n) is 17.5. The summed E-state index contributed by atoms with van der Waals surface area (Å²) < 4.78 is 0. The van der Waals surface area contributed by atoms with Crippen LogP contribution < -0.4 is 0 Å². The van der Waals surface area contributed by atoms with Crippen molar-refractivity contribution in [2.75, 3.05) is 13.2 Å². The van der Waals surface area contributed by atoms with Crippen molar-refractivity contribution in [3.8, 4) is 0 Å². The molecule has 6 fully saturated rings. The number of hydrogen-bond donors (Lipinski definition) is 4. The van der Waals surface area contributed by atoms with Crippen molar-refractivity contribution in [3.05, 3.63) is 0 Å². The van der Waals surface area contributed by atoms with Crippen LogP contribution in [0.2, 0.25) is 0 Å². The van der Waals surface area contributed by atoms with Crippen LogP contribution in [0.25, 0.3) is 0 Å². The molecular weight excluding hydrogens is 528 g/mol. The van der Waals surface area contributed by atoms with E-state index in [1.165, 1.54) is 0 Å². The minimum atomic E-state index is -0.330. The maximum absolute atomic E-state index is 13.1. The molecule has 0 heterocycles. The Balaban J connectivity index is 0.000000168. The molecule has 0 radical (unpaired) electrons. The fraction of sp³-hybridized carbons (Fsp3) is 0.944. The number of Topliss-reactive ketones (excluding diaryl/α,β-unsaturated/α-hetero) is 2. The van der Waals surface area contributed by atoms with Crippen molar-refractivity contribution in [1.29, 1.82) is 0 Å². The monoisotopic (exact) mass is 588 g/mol. The molecule has 6 heteroatoms. The van der Waals surface area contributed by atoms with E-state index < -0.39 is 0 Å². The van der Waals surface area contributed by atoms with Gasteiger partial charge >= 0.3 is 0 Å². The largest absolute Gasteiger partial charge is 0.396 e. The van der Waals surface area contributed by atoms with Gasteiger partial charge in [0.25, 0.3) is 0 Å². The summed E-state index contributed by atoms with van der Waals surface area (Å²) in [4.78, 5) is 26.2. The standard InChI is InChI=1S/2C18H30O3/c2*1-16(2)8-4-5-14(21)18(16)10-7-13(20)12-6-9-17(3,11-19)15(12)18/h2*12-13,15,19-20H,4-11H2,1-3H3/t2*12-,13+,15-,17+,18-/m10/s1. The van der Waals surface area contributed by atoms with E-state index in [0.717, 1.165) is 77.0 Å². The van der Waals surface area contributed by atoms with Crippen molar-refractivity contribution < 1.29 is 30.0 Å². The minimum absolute atomic E-state index is 0.0217. The highest BCUT2D eigenvalue weighted by atomic mass is 16.3. The van der Waals surface area contributed by atoms with Crippen molar-refractivity contribution >= 4 is 11.6 Å². The van der Waals surface area contributed by atoms with Crippen LogP contribution in [0.15, 0.2) is 0 Å². The zero-order chi connectivity index (χ0) is 30.9. The van der Waals surface area contributed by atoms with Gasteiger partial charge in [-0.3, -0.25) is 9.59 Å². The average molecular weight is 589 g/mol. The molecule has 0 aromatic rings. The Morgan fingerprint density at radius 2 is 0.929 bits per heavy atom. The van der Waals surface area contributed by atoms with Gasteiger partial charge in [-0.25, -0.2) is 0 Å². The van der Waals surface area contributed by atoms with E-state index in [2.05, 4.69) is 41.5 Å². The summed E-state index contributed by atoms with van der Waals surface area (Å²) in [5.41, 5.74) is -1.13. The van der Waals surface area contributed by atoms with Crippen LogP contribution in [-0.4, -0.2) is 57.4 Å². The zero-order valence-corrected chi connectivity index (χ0v) is 27.4. The van der Waals surface area contributed by atoms with Gasteiger partial charge in [-0.05, 0) is 122 Å². The number of fused-ring (bicyclic) bond motifs is 4. The SMILES string of the molecule is CC1(C)CCCC(=O)[C@@]12CC[C@H](O)[C@H]1CC[C@@](C)(CO)[C@@H]12.CC1(C)CCCC(=O)[C@]12CC[C@@H](O)[C@@H]1CC[C@](C)(CO)[C@H]12. The summed E-state index contributed by atoms with van der Waals surface area (Å²) in [6.07, 6.45) is 11.8. The van der Waals surface area contributed by atoms with Crippen LogP contribution in [0.1, 0.15) is 131 Å². The summed E-state index contributed by atoms with van der Waals surface area (Å²) in [7, 11) is 0. The minimum Gasteiger partial charge on any atom is -0.396 e. The molecule has 42 heavy (non-hydrogen) atoms. The highest BCUT2D eigenvalue weighted by Crippen LogP contribution is 2.69. The molecule has 0 aliphatic heterocycles. The third-order valence-electron chi connectivity index (χ3n) is 14.7. The molecule has 0 unspecified atom stereocenters.